The molecule has 0 heterocycles. The van der Waals surface area contributed by atoms with Gasteiger partial charge in [0.25, 0.3) is 0 Å². The molecule has 62 heavy (non-hydrogen) atoms. The van der Waals surface area contributed by atoms with Crippen LogP contribution in [0.5, 0.6) is 0 Å². The summed E-state index contributed by atoms with van der Waals surface area (Å²) in [5.74, 6) is -0.932. The summed E-state index contributed by atoms with van der Waals surface area (Å²) in [6.45, 7) is 6.38. The van der Waals surface area contributed by atoms with Crippen LogP contribution >= 0.6 is 0 Å². The first-order valence-corrected chi connectivity index (χ1v) is 25.6. The molecule has 0 fully saturated rings. The molecular formula is C56H94O6. The molecular weight excluding hydrogens is 769 g/mol. The maximum absolute atomic E-state index is 12.8. The van der Waals surface area contributed by atoms with Crippen LogP contribution in [0.3, 0.4) is 0 Å². The van der Waals surface area contributed by atoms with Gasteiger partial charge in [-0.3, -0.25) is 14.4 Å². The minimum atomic E-state index is -0.793. The highest BCUT2D eigenvalue weighted by Gasteiger charge is 2.19. The molecule has 0 radical (unpaired) electrons. The first-order valence-electron chi connectivity index (χ1n) is 25.6. The summed E-state index contributed by atoms with van der Waals surface area (Å²) in [5, 5.41) is 0. The Labute approximate surface area is 382 Å². The first-order chi connectivity index (χ1) is 30.5. The number of allylic oxidation sites excluding steroid dienone is 14. The van der Waals surface area contributed by atoms with Crippen molar-refractivity contribution < 1.29 is 28.6 Å². The Morgan fingerprint density at radius 1 is 0.339 bits per heavy atom. The summed E-state index contributed by atoms with van der Waals surface area (Å²) in [5.41, 5.74) is 0. The Kier molecular flexibility index (Phi) is 47.5. The van der Waals surface area contributed by atoms with E-state index in [1.165, 1.54) is 51.4 Å². The number of unbranched alkanes of at least 4 members (excludes halogenated alkanes) is 20. The Morgan fingerprint density at radius 3 is 1.05 bits per heavy atom. The maximum atomic E-state index is 12.8. The predicted molar refractivity (Wildman–Crippen MR) is 265 cm³/mol. The average molecular weight is 863 g/mol. The monoisotopic (exact) mass is 863 g/mol. The van der Waals surface area contributed by atoms with E-state index in [2.05, 4.69) is 106 Å². The van der Waals surface area contributed by atoms with Gasteiger partial charge in [-0.1, -0.05) is 196 Å². The summed E-state index contributed by atoms with van der Waals surface area (Å²) < 4.78 is 16.8. The van der Waals surface area contributed by atoms with Crippen LogP contribution in [0.4, 0.5) is 0 Å². The number of rotatable bonds is 45. The van der Waals surface area contributed by atoms with Gasteiger partial charge in [0.2, 0.25) is 0 Å². The van der Waals surface area contributed by atoms with Crippen molar-refractivity contribution in [2.24, 2.45) is 0 Å². The van der Waals surface area contributed by atoms with Gasteiger partial charge in [0.1, 0.15) is 13.2 Å². The number of ether oxygens (including phenoxy) is 3. The Morgan fingerprint density at radius 2 is 0.661 bits per heavy atom. The van der Waals surface area contributed by atoms with Gasteiger partial charge in [0.05, 0.1) is 0 Å². The van der Waals surface area contributed by atoms with Crippen molar-refractivity contribution in [1.82, 2.24) is 0 Å². The van der Waals surface area contributed by atoms with Crippen molar-refractivity contribution in [2.75, 3.05) is 13.2 Å². The number of hydrogen-bond donors (Lipinski definition) is 0. The van der Waals surface area contributed by atoms with Gasteiger partial charge in [-0.2, -0.15) is 0 Å². The van der Waals surface area contributed by atoms with E-state index in [9.17, 15) is 14.4 Å². The van der Waals surface area contributed by atoms with Gasteiger partial charge < -0.3 is 14.2 Å². The van der Waals surface area contributed by atoms with Crippen LogP contribution in [0.2, 0.25) is 0 Å². The third-order valence-corrected chi connectivity index (χ3v) is 10.6. The van der Waals surface area contributed by atoms with E-state index in [0.717, 1.165) is 141 Å². The lowest BCUT2D eigenvalue weighted by molar-refractivity contribution is -0.167. The van der Waals surface area contributed by atoms with E-state index in [-0.39, 0.29) is 31.1 Å². The van der Waals surface area contributed by atoms with E-state index in [1.807, 2.05) is 0 Å². The molecule has 1 unspecified atom stereocenters. The lowest BCUT2D eigenvalue weighted by Gasteiger charge is -2.18. The van der Waals surface area contributed by atoms with Crippen molar-refractivity contribution >= 4 is 17.9 Å². The second-order valence-electron chi connectivity index (χ2n) is 16.7. The van der Waals surface area contributed by atoms with E-state index in [0.29, 0.717) is 19.3 Å². The van der Waals surface area contributed by atoms with Crippen molar-refractivity contribution in [3.63, 3.8) is 0 Å². The SMILES string of the molecule is CC/C=C\C/C=C\C/C=C\CCCCCCCCCC(=O)OCC(COC(=O)CCCCCCC/C=C\C/C=C\CCC)OC(=O)CCCCCCC/C=C\C/C=C\CCCC. The largest absolute Gasteiger partial charge is 0.462 e. The number of carbonyl (C=O) groups excluding carboxylic acids is 3. The molecule has 0 aliphatic rings. The zero-order chi connectivity index (χ0) is 45.1. The maximum Gasteiger partial charge on any atom is 0.306 e. The molecule has 0 aliphatic carbocycles. The molecule has 0 aromatic carbocycles. The molecule has 0 aromatic heterocycles. The van der Waals surface area contributed by atoms with Gasteiger partial charge in [-0.25, -0.2) is 0 Å². The Balaban J connectivity index is 4.43. The quantitative estimate of drug-likeness (QED) is 0.0263. The third kappa shape index (κ3) is 47.6. The molecule has 1 atom stereocenters. The number of esters is 3. The molecule has 354 valence electrons. The summed E-state index contributed by atoms with van der Waals surface area (Å²) in [6, 6.07) is 0. The van der Waals surface area contributed by atoms with Crippen LogP contribution in [0, 0.1) is 0 Å². The normalized spacial score (nSPS) is 12.8. The molecule has 6 heteroatoms. The molecule has 0 saturated heterocycles. The minimum Gasteiger partial charge on any atom is -0.462 e. The van der Waals surface area contributed by atoms with Crippen LogP contribution in [-0.2, 0) is 28.6 Å². The fraction of sp³-hybridized carbons (Fsp3) is 0.696. The van der Waals surface area contributed by atoms with Crippen LogP contribution in [-0.4, -0.2) is 37.2 Å². The van der Waals surface area contributed by atoms with Gasteiger partial charge in [0.15, 0.2) is 6.10 Å². The molecule has 0 rings (SSSR count). The summed E-state index contributed by atoms with van der Waals surface area (Å²) in [6.07, 6.45) is 64.2. The summed E-state index contributed by atoms with van der Waals surface area (Å²) >= 11 is 0. The second-order valence-corrected chi connectivity index (χ2v) is 16.7. The fourth-order valence-electron chi connectivity index (χ4n) is 6.74. The topological polar surface area (TPSA) is 78.9 Å². The van der Waals surface area contributed by atoms with E-state index >= 15 is 0 Å². The van der Waals surface area contributed by atoms with Crippen molar-refractivity contribution in [2.45, 2.75) is 239 Å². The van der Waals surface area contributed by atoms with Crippen molar-refractivity contribution in [1.29, 1.82) is 0 Å². The van der Waals surface area contributed by atoms with Gasteiger partial charge in [-0.15, -0.1) is 0 Å². The third-order valence-electron chi connectivity index (χ3n) is 10.6. The van der Waals surface area contributed by atoms with Crippen LogP contribution in [0.15, 0.2) is 85.1 Å². The highest BCUT2D eigenvalue weighted by atomic mass is 16.6. The van der Waals surface area contributed by atoms with Gasteiger partial charge in [-0.05, 0) is 103 Å². The molecule has 6 nitrogen and oxygen atoms in total. The van der Waals surface area contributed by atoms with Crippen LogP contribution in [0.25, 0.3) is 0 Å². The lowest BCUT2D eigenvalue weighted by Crippen LogP contribution is -2.30. The average Bonchev–Trinajstić information content (AvgIpc) is 3.27. The smallest absolute Gasteiger partial charge is 0.306 e. The zero-order valence-electron chi connectivity index (χ0n) is 40.4. The fourth-order valence-corrected chi connectivity index (χ4v) is 6.74. The molecule has 0 aliphatic heterocycles. The van der Waals surface area contributed by atoms with E-state index < -0.39 is 6.10 Å². The predicted octanol–water partition coefficient (Wildman–Crippen LogP) is 16.8. The molecule has 0 N–H and O–H groups in total. The van der Waals surface area contributed by atoms with Gasteiger partial charge >= 0.3 is 17.9 Å². The molecule has 0 aromatic rings. The molecule has 0 spiro atoms. The second kappa shape index (κ2) is 50.2. The van der Waals surface area contributed by atoms with Crippen LogP contribution < -0.4 is 0 Å². The molecule has 0 bridgehead atoms. The highest BCUT2D eigenvalue weighted by molar-refractivity contribution is 5.71. The standard InChI is InChI=1S/C56H94O6/c1-4-7-10-13-16-19-22-25-27-28-29-32-34-37-40-43-46-49-55(58)61-52-53(51-60-54(57)48-45-42-39-36-33-30-24-21-18-15-12-9-6-3)62-56(59)50-47-44-41-38-35-31-26-23-20-17-14-11-8-5-2/h7,10,12,14-17,19,21,23-27,53H,4-6,8-9,11,13,18,20,22,28-52H2,1-3H3/b10-7-,15-12-,17-14-,19-16-,24-21-,26-23-,27-25-. The van der Waals surface area contributed by atoms with Crippen molar-refractivity contribution in [3.05, 3.63) is 85.1 Å². The minimum absolute atomic E-state index is 0.0928. The van der Waals surface area contributed by atoms with Crippen molar-refractivity contribution in [3.8, 4) is 0 Å². The Bertz CT molecular complexity index is 1220. The number of hydrogen-bond acceptors (Lipinski definition) is 6. The highest BCUT2D eigenvalue weighted by Crippen LogP contribution is 2.14. The van der Waals surface area contributed by atoms with E-state index in [4.69, 9.17) is 14.2 Å². The van der Waals surface area contributed by atoms with Crippen LogP contribution in [0.1, 0.15) is 233 Å². The van der Waals surface area contributed by atoms with Gasteiger partial charge in [0, 0.05) is 19.3 Å². The number of carbonyl (C=O) groups is 3. The molecule has 0 saturated carbocycles. The molecule has 0 amide bonds. The lowest BCUT2D eigenvalue weighted by atomic mass is 10.1. The summed E-state index contributed by atoms with van der Waals surface area (Å²) in [7, 11) is 0. The first kappa shape index (κ1) is 58.6. The Hall–Kier alpha value is -3.41. The zero-order valence-corrected chi connectivity index (χ0v) is 40.4. The van der Waals surface area contributed by atoms with E-state index in [1.54, 1.807) is 0 Å². The summed E-state index contributed by atoms with van der Waals surface area (Å²) in [4.78, 5) is 38.0.